The Morgan fingerprint density at radius 1 is 1.36 bits per heavy atom. The van der Waals surface area contributed by atoms with Gasteiger partial charge in [0.2, 0.25) is 0 Å². The monoisotopic (exact) mass is 431 g/mol. The second-order valence-corrected chi connectivity index (χ2v) is 8.58. The second-order valence-electron chi connectivity index (χ2n) is 6.97. The first-order chi connectivity index (χ1) is 13.2. The van der Waals surface area contributed by atoms with Crippen molar-refractivity contribution in [1.29, 1.82) is 0 Å². The molecule has 1 N–H and O–H groups in total. The zero-order chi connectivity index (χ0) is 20.5. The van der Waals surface area contributed by atoms with E-state index in [1.165, 1.54) is 6.07 Å². The van der Waals surface area contributed by atoms with Crippen LogP contribution < -0.4 is 0 Å². The highest BCUT2D eigenvalue weighted by atomic mass is 35.5. The number of benzene rings is 1. The standard InChI is InChI=1S/C20H21ClF3NO2S/c1-2-14-6-8-17(28-14)18(25-9-3-4-13(11-25)19(26)27)12-5-7-16(21)15(10-12)20(22,23)24/h5-8,10,13,18H,2-4,9,11H2,1H3,(H,26,27). The van der Waals surface area contributed by atoms with Crippen LogP contribution in [-0.4, -0.2) is 29.1 Å². The van der Waals surface area contributed by atoms with E-state index in [9.17, 15) is 23.1 Å². The van der Waals surface area contributed by atoms with E-state index in [0.717, 1.165) is 22.2 Å². The van der Waals surface area contributed by atoms with Gasteiger partial charge in [0.25, 0.3) is 0 Å². The molecule has 1 aromatic heterocycles. The highest BCUT2D eigenvalue weighted by Crippen LogP contribution is 2.41. The minimum Gasteiger partial charge on any atom is -0.481 e. The molecule has 3 rings (SSSR count). The molecule has 1 aromatic carbocycles. The summed E-state index contributed by atoms with van der Waals surface area (Å²) < 4.78 is 40.2. The molecule has 28 heavy (non-hydrogen) atoms. The maximum atomic E-state index is 13.4. The smallest absolute Gasteiger partial charge is 0.417 e. The molecular weight excluding hydrogens is 411 g/mol. The number of carboxylic acid groups (broad SMARTS) is 1. The molecule has 2 aromatic rings. The van der Waals surface area contributed by atoms with Crippen molar-refractivity contribution in [3.05, 3.63) is 56.2 Å². The lowest BCUT2D eigenvalue weighted by molar-refractivity contribution is -0.143. The molecule has 0 radical (unpaired) electrons. The van der Waals surface area contributed by atoms with E-state index in [0.29, 0.717) is 31.5 Å². The molecule has 2 unspecified atom stereocenters. The molecule has 3 nitrogen and oxygen atoms in total. The summed E-state index contributed by atoms with van der Waals surface area (Å²) >= 11 is 7.35. The Bertz CT molecular complexity index is 852. The van der Waals surface area contributed by atoms with Gasteiger partial charge in [-0.3, -0.25) is 9.69 Å². The summed E-state index contributed by atoms with van der Waals surface area (Å²) in [6.45, 7) is 2.97. The Hall–Kier alpha value is -1.57. The van der Waals surface area contributed by atoms with Gasteiger partial charge >= 0.3 is 12.1 Å². The van der Waals surface area contributed by atoms with Crippen LogP contribution in [0.1, 0.15) is 46.7 Å². The molecule has 8 heteroatoms. The zero-order valence-electron chi connectivity index (χ0n) is 15.3. The lowest BCUT2D eigenvalue weighted by Gasteiger charge is -2.37. The molecule has 2 atom stereocenters. The third-order valence-corrected chi connectivity index (χ3v) is 6.69. The highest BCUT2D eigenvalue weighted by molar-refractivity contribution is 7.12. The van der Waals surface area contributed by atoms with Crippen molar-refractivity contribution in [2.75, 3.05) is 13.1 Å². The van der Waals surface area contributed by atoms with Gasteiger partial charge in [-0.25, -0.2) is 0 Å². The van der Waals surface area contributed by atoms with Gasteiger partial charge in [0.05, 0.1) is 22.5 Å². The van der Waals surface area contributed by atoms with Crippen molar-refractivity contribution >= 4 is 28.9 Å². The molecule has 0 aliphatic carbocycles. The van der Waals surface area contributed by atoms with Crippen LogP contribution in [-0.2, 0) is 17.4 Å². The molecule has 1 fully saturated rings. The topological polar surface area (TPSA) is 40.5 Å². The number of piperidine rings is 1. The summed E-state index contributed by atoms with van der Waals surface area (Å²) in [5, 5.41) is 9.08. The fraction of sp³-hybridized carbons (Fsp3) is 0.450. The SMILES string of the molecule is CCc1ccc(C(c2ccc(Cl)c(C(F)(F)F)c2)N2CCCC(C(=O)O)C2)s1. The van der Waals surface area contributed by atoms with E-state index in [-0.39, 0.29) is 5.02 Å². The summed E-state index contributed by atoms with van der Waals surface area (Å²) in [5.74, 6) is -1.38. The molecule has 1 saturated heterocycles. The maximum Gasteiger partial charge on any atom is 0.417 e. The molecule has 0 spiro atoms. The first kappa shape index (κ1) is 21.1. The Kier molecular flexibility index (Phi) is 6.37. The molecule has 0 saturated carbocycles. The maximum absolute atomic E-state index is 13.4. The van der Waals surface area contributed by atoms with Crippen LogP contribution in [0.4, 0.5) is 13.2 Å². The first-order valence-corrected chi connectivity index (χ1v) is 10.3. The number of thiophene rings is 1. The first-order valence-electron chi connectivity index (χ1n) is 9.12. The molecule has 0 bridgehead atoms. The summed E-state index contributed by atoms with van der Waals surface area (Å²) in [6.07, 6.45) is -2.44. The van der Waals surface area contributed by atoms with Crippen molar-refractivity contribution in [3.8, 4) is 0 Å². The van der Waals surface area contributed by atoms with Crippen molar-refractivity contribution in [2.24, 2.45) is 5.92 Å². The number of carbonyl (C=O) groups is 1. The van der Waals surface area contributed by atoms with Crippen LogP contribution in [0.5, 0.6) is 0 Å². The number of nitrogens with zero attached hydrogens (tertiary/aromatic N) is 1. The van der Waals surface area contributed by atoms with Gasteiger partial charge in [-0.2, -0.15) is 13.2 Å². The van der Waals surface area contributed by atoms with Crippen LogP contribution in [0.3, 0.4) is 0 Å². The van der Waals surface area contributed by atoms with Gasteiger partial charge in [0.15, 0.2) is 0 Å². The molecule has 2 heterocycles. The van der Waals surface area contributed by atoms with E-state index in [2.05, 4.69) is 0 Å². The van der Waals surface area contributed by atoms with Gasteiger partial charge in [-0.1, -0.05) is 24.6 Å². The van der Waals surface area contributed by atoms with Crippen LogP contribution in [0.25, 0.3) is 0 Å². The Balaban J connectivity index is 2.05. The van der Waals surface area contributed by atoms with Crippen LogP contribution in [0.2, 0.25) is 5.02 Å². The van der Waals surface area contributed by atoms with Gasteiger partial charge in [0.1, 0.15) is 0 Å². The third kappa shape index (κ3) is 4.53. The van der Waals surface area contributed by atoms with Crippen molar-refractivity contribution in [2.45, 2.75) is 38.4 Å². The fourth-order valence-electron chi connectivity index (χ4n) is 3.66. The number of halogens is 4. The number of likely N-dealkylation sites (tertiary alicyclic amines) is 1. The average Bonchev–Trinajstić information content (AvgIpc) is 3.11. The second kappa shape index (κ2) is 8.43. The summed E-state index contributed by atoms with van der Waals surface area (Å²) in [6, 6.07) is 7.47. The van der Waals surface area contributed by atoms with Gasteiger partial charge in [0, 0.05) is 16.3 Å². The quantitative estimate of drug-likeness (QED) is 0.643. The highest BCUT2D eigenvalue weighted by Gasteiger charge is 2.36. The Labute approximate surface area is 170 Å². The van der Waals surface area contributed by atoms with Crippen molar-refractivity contribution in [3.63, 3.8) is 0 Å². The number of hydrogen-bond acceptors (Lipinski definition) is 3. The average molecular weight is 432 g/mol. The number of alkyl halides is 3. The largest absolute Gasteiger partial charge is 0.481 e. The number of aryl methyl sites for hydroxylation is 1. The Morgan fingerprint density at radius 3 is 2.71 bits per heavy atom. The summed E-state index contributed by atoms with van der Waals surface area (Å²) in [4.78, 5) is 15.5. The number of aliphatic carboxylic acids is 1. The number of rotatable bonds is 5. The molecule has 0 amide bonds. The van der Waals surface area contributed by atoms with E-state index in [1.54, 1.807) is 17.4 Å². The van der Waals surface area contributed by atoms with Gasteiger partial charge < -0.3 is 5.11 Å². The normalized spacial score (nSPS) is 19.5. The van der Waals surface area contributed by atoms with E-state index in [4.69, 9.17) is 11.6 Å². The Morgan fingerprint density at radius 2 is 2.11 bits per heavy atom. The lowest BCUT2D eigenvalue weighted by Crippen LogP contribution is -2.41. The molecular formula is C20H21ClF3NO2S. The van der Waals surface area contributed by atoms with Gasteiger partial charge in [-0.05, 0) is 55.6 Å². The predicted molar refractivity (Wildman–Crippen MR) is 104 cm³/mol. The van der Waals surface area contributed by atoms with Gasteiger partial charge in [-0.15, -0.1) is 11.3 Å². The summed E-state index contributed by atoms with van der Waals surface area (Å²) in [5.41, 5.74) is -0.386. The fourth-order valence-corrected chi connectivity index (χ4v) is 5.00. The third-order valence-electron chi connectivity index (χ3n) is 5.08. The number of hydrogen-bond donors (Lipinski definition) is 1. The zero-order valence-corrected chi connectivity index (χ0v) is 16.9. The van der Waals surface area contributed by atoms with Crippen LogP contribution in [0, 0.1) is 5.92 Å². The predicted octanol–water partition coefficient (Wildman–Crippen LogP) is 5.87. The molecule has 1 aliphatic rings. The minimum absolute atomic E-state index is 0.309. The van der Waals surface area contributed by atoms with E-state index >= 15 is 0 Å². The van der Waals surface area contributed by atoms with E-state index < -0.39 is 29.7 Å². The summed E-state index contributed by atoms with van der Waals surface area (Å²) in [7, 11) is 0. The molecule has 1 aliphatic heterocycles. The lowest BCUT2D eigenvalue weighted by atomic mass is 9.93. The number of carboxylic acids is 1. The minimum atomic E-state index is -4.55. The van der Waals surface area contributed by atoms with Crippen LogP contribution in [0.15, 0.2) is 30.3 Å². The van der Waals surface area contributed by atoms with E-state index in [1.807, 2.05) is 24.0 Å². The molecule has 152 valence electrons. The van der Waals surface area contributed by atoms with Crippen molar-refractivity contribution < 1.29 is 23.1 Å². The van der Waals surface area contributed by atoms with Crippen molar-refractivity contribution in [1.82, 2.24) is 4.90 Å². The van der Waals surface area contributed by atoms with Crippen LogP contribution >= 0.6 is 22.9 Å².